The third-order valence-electron chi connectivity index (χ3n) is 2.45. The van der Waals surface area contributed by atoms with E-state index in [1.54, 1.807) is 23.1 Å². The standard InChI is InChI=1S/C10H16N2OS2/c1-7-11-12-9(15-7)14-6-8-4-5-10(2,3)13-8/h8H,4-6H2,1-3H3/t8-/m1/s1. The monoisotopic (exact) mass is 244 g/mol. The van der Waals surface area contributed by atoms with Crippen LogP contribution in [0.25, 0.3) is 0 Å². The molecule has 1 fully saturated rings. The molecule has 0 radical (unpaired) electrons. The molecular weight excluding hydrogens is 228 g/mol. The molecule has 84 valence electrons. The van der Waals surface area contributed by atoms with E-state index in [2.05, 4.69) is 24.0 Å². The van der Waals surface area contributed by atoms with E-state index in [0.29, 0.717) is 6.10 Å². The summed E-state index contributed by atoms with van der Waals surface area (Å²) >= 11 is 3.42. The molecule has 1 aliphatic heterocycles. The molecule has 1 aliphatic rings. The van der Waals surface area contributed by atoms with Gasteiger partial charge in [-0.1, -0.05) is 23.1 Å². The number of hydrogen-bond acceptors (Lipinski definition) is 5. The molecule has 0 aromatic carbocycles. The highest BCUT2D eigenvalue weighted by atomic mass is 32.2. The van der Waals surface area contributed by atoms with Gasteiger partial charge in [0.05, 0.1) is 11.7 Å². The molecule has 5 heteroatoms. The van der Waals surface area contributed by atoms with Gasteiger partial charge in [-0.15, -0.1) is 10.2 Å². The molecule has 0 amide bonds. The highest BCUT2D eigenvalue weighted by Crippen LogP contribution is 2.33. The van der Waals surface area contributed by atoms with E-state index in [9.17, 15) is 0 Å². The molecule has 0 unspecified atom stereocenters. The molecule has 1 aromatic heterocycles. The van der Waals surface area contributed by atoms with E-state index in [0.717, 1.165) is 27.9 Å². The molecule has 3 nitrogen and oxygen atoms in total. The van der Waals surface area contributed by atoms with Crippen LogP contribution in [-0.4, -0.2) is 27.7 Å². The number of aromatic nitrogens is 2. The zero-order chi connectivity index (χ0) is 10.9. The Morgan fingerprint density at radius 1 is 1.53 bits per heavy atom. The van der Waals surface area contributed by atoms with Crippen LogP contribution in [-0.2, 0) is 4.74 Å². The Morgan fingerprint density at radius 2 is 2.33 bits per heavy atom. The van der Waals surface area contributed by atoms with Crippen molar-refractivity contribution in [1.82, 2.24) is 10.2 Å². The molecule has 0 N–H and O–H groups in total. The summed E-state index contributed by atoms with van der Waals surface area (Å²) in [7, 11) is 0. The largest absolute Gasteiger partial charge is 0.371 e. The fourth-order valence-electron chi connectivity index (χ4n) is 1.70. The summed E-state index contributed by atoms with van der Waals surface area (Å²) in [5.74, 6) is 0.998. The minimum Gasteiger partial charge on any atom is -0.371 e. The molecule has 0 bridgehead atoms. The third kappa shape index (κ3) is 3.16. The first-order chi connectivity index (χ1) is 7.05. The number of ether oxygens (including phenoxy) is 1. The van der Waals surface area contributed by atoms with E-state index in [4.69, 9.17) is 4.74 Å². The summed E-state index contributed by atoms with van der Waals surface area (Å²) in [4.78, 5) is 0. The first kappa shape index (κ1) is 11.4. The molecule has 2 rings (SSSR count). The van der Waals surface area contributed by atoms with Gasteiger partial charge in [0.1, 0.15) is 5.01 Å². The van der Waals surface area contributed by atoms with Crippen LogP contribution in [0, 0.1) is 6.92 Å². The summed E-state index contributed by atoms with van der Waals surface area (Å²) in [6.07, 6.45) is 2.71. The lowest BCUT2D eigenvalue weighted by Crippen LogP contribution is -2.20. The highest BCUT2D eigenvalue weighted by Gasteiger charge is 2.31. The molecule has 1 aromatic rings. The summed E-state index contributed by atoms with van der Waals surface area (Å²) in [5, 5.41) is 9.12. The van der Waals surface area contributed by atoms with E-state index in [1.807, 2.05) is 6.92 Å². The Hall–Kier alpha value is -0.130. The van der Waals surface area contributed by atoms with Crippen molar-refractivity contribution in [3.05, 3.63) is 5.01 Å². The lowest BCUT2D eigenvalue weighted by molar-refractivity contribution is -0.00466. The molecule has 1 saturated heterocycles. The third-order valence-corrected chi connectivity index (χ3v) is 4.56. The maximum Gasteiger partial charge on any atom is 0.174 e. The van der Waals surface area contributed by atoms with E-state index < -0.39 is 0 Å². The second-order valence-electron chi connectivity index (χ2n) is 4.44. The van der Waals surface area contributed by atoms with Gasteiger partial charge in [-0.05, 0) is 33.6 Å². The van der Waals surface area contributed by atoms with Gasteiger partial charge in [0.15, 0.2) is 4.34 Å². The van der Waals surface area contributed by atoms with Crippen molar-refractivity contribution in [1.29, 1.82) is 0 Å². The van der Waals surface area contributed by atoms with Gasteiger partial charge < -0.3 is 4.74 Å². The predicted octanol–water partition coefficient (Wildman–Crippen LogP) is 2.90. The molecule has 15 heavy (non-hydrogen) atoms. The molecule has 1 atom stereocenters. The topological polar surface area (TPSA) is 35.0 Å². The maximum absolute atomic E-state index is 5.91. The van der Waals surface area contributed by atoms with Gasteiger partial charge in [0.25, 0.3) is 0 Å². The van der Waals surface area contributed by atoms with Crippen molar-refractivity contribution in [2.75, 3.05) is 5.75 Å². The van der Waals surface area contributed by atoms with Crippen molar-refractivity contribution in [2.45, 2.75) is 49.7 Å². The van der Waals surface area contributed by atoms with E-state index >= 15 is 0 Å². The van der Waals surface area contributed by atoms with Crippen LogP contribution in [0.15, 0.2) is 4.34 Å². The Balaban J connectivity index is 1.80. The minimum atomic E-state index is 0.0717. The van der Waals surface area contributed by atoms with Gasteiger partial charge in [-0.2, -0.15) is 0 Å². The van der Waals surface area contributed by atoms with Crippen LogP contribution < -0.4 is 0 Å². The molecule has 0 aliphatic carbocycles. The van der Waals surface area contributed by atoms with Crippen LogP contribution in [0.1, 0.15) is 31.7 Å². The second kappa shape index (κ2) is 4.39. The number of rotatable bonds is 3. The van der Waals surface area contributed by atoms with Gasteiger partial charge in [0, 0.05) is 5.75 Å². The number of thioether (sulfide) groups is 1. The van der Waals surface area contributed by atoms with E-state index in [-0.39, 0.29) is 5.60 Å². The zero-order valence-corrected chi connectivity index (χ0v) is 11.0. The maximum atomic E-state index is 5.91. The smallest absolute Gasteiger partial charge is 0.174 e. The van der Waals surface area contributed by atoms with Gasteiger partial charge in [-0.3, -0.25) is 0 Å². The average Bonchev–Trinajstić information content (AvgIpc) is 2.69. The summed E-state index contributed by atoms with van der Waals surface area (Å²) in [5.41, 5.74) is 0.0717. The van der Waals surface area contributed by atoms with Crippen LogP contribution in [0.4, 0.5) is 0 Å². The zero-order valence-electron chi connectivity index (χ0n) is 9.32. The summed E-state index contributed by atoms with van der Waals surface area (Å²) < 4.78 is 6.97. The van der Waals surface area contributed by atoms with Crippen LogP contribution >= 0.6 is 23.1 Å². The van der Waals surface area contributed by atoms with Crippen molar-refractivity contribution in [3.8, 4) is 0 Å². The lowest BCUT2D eigenvalue weighted by atomic mass is 10.1. The average molecular weight is 244 g/mol. The Morgan fingerprint density at radius 3 is 2.87 bits per heavy atom. The second-order valence-corrected chi connectivity index (χ2v) is 6.88. The fourth-order valence-corrected chi connectivity index (χ4v) is 3.58. The van der Waals surface area contributed by atoms with Crippen molar-refractivity contribution in [3.63, 3.8) is 0 Å². The summed E-state index contributed by atoms with van der Waals surface area (Å²) in [6.45, 7) is 6.30. The SMILES string of the molecule is Cc1nnc(SC[C@H]2CCC(C)(C)O2)s1. The summed E-state index contributed by atoms with van der Waals surface area (Å²) in [6, 6.07) is 0. The number of aryl methyl sites for hydroxylation is 1. The first-order valence-corrected chi connectivity index (χ1v) is 6.96. The predicted molar refractivity (Wildman–Crippen MR) is 63.6 cm³/mol. The van der Waals surface area contributed by atoms with E-state index in [1.165, 1.54) is 0 Å². The number of hydrogen-bond donors (Lipinski definition) is 0. The molecule has 2 heterocycles. The normalized spacial score (nSPS) is 24.6. The van der Waals surface area contributed by atoms with Crippen molar-refractivity contribution >= 4 is 23.1 Å². The quantitative estimate of drug-likeness (QED) is 0.766. The minimum absolute atomic E-state index is 0.0717. The van der Waals surface area contributed by atoms with Crippen molar-refractivity contribution < 1.29 is 4.74 Å². The number of nitrogens with zero attached hydrogens (tertiary/aromatic N) is 2. The van der Waals surface area contributed by atoms with Crippen LogP contribution in [0.5, 0.6) is 0 Å². The van der Waals surface area contributed by atoms with Crippen molar-refractivity contribution in [2.24, 2.45) is 0 Å². The first-order valence-electron chi connectivity index (χ1n) is 5.16. The Kier molecular flexibility index (Phi) is 3.33. The van der Waals surface area contributed by atoms with Gasteiger partial charge >= 0.3 is 0 Å². The van der Waals surface area contributed by atoms with Gasteiger partial charge in [0.2, 0.25) is 0 Å². The Labute approximate surface area is 98.6 Å². The molecular formula is C10H16N2OS2. The lowest BCUT2D eigenvalue weighted by Gasteiger charge is -2.18. The molecule has 0 saturated carbocycles. The Bertz CT molecular complexity index is 338. The van der Waals surface area contributed by atoms with Gasteiger partial charge in [-0.25, -0.2) is 0 Å². The molecule has 0 spiro atoms. The van der Waals surface area contributed by atoms with Crippen LogP contribution in [0.2, 0.25) is 0 Å². The fraction of sp³-hybridized carbons (Fsp3) is 0.800. The van der Waals surface area contributed by atoms with Crippen LogP contribution in [0.3, 0.4) is 0 Å². The highest BCUT2D eigenvalue weighted by molar-refractivity contribution is 8.01.